The number of carbonyl (C=O) groups excluding carboxylic acids is 1. The number of sulfonamides is 1. The van der Waals surface area contributed by atoms with Gasteiger partial charge < -0.3 is 109 Å². The second-order valence-corrected chi connectivity index (χ2v) is 37.1. The fraction of sp³-hybridized carbons (Fsp3) is 0.733. The number of nitrogens with zero attached hydrogens (tertiary/aromatic N) is 14. The summed E-state index contributed by atoms with van der Waals surface area (Å²) in [5, 5.41) is 84.1. The lowest BCUT2D eigenvalue weighted by Crippen LogP contribution is -2.45. The first-order chi connectivity index (χ1) is 50.6. The Hall–Kier alpha value is -4.73. The van der Waals surface area contributed by atoms with Gasteiger partial charge in [-0.2, -0.15) is 45.2 Å². The summed E-state index contributed by atoms with van der Waals surface area (Å²) in [6, 6.07) is 0.762. The zero-order valence-corrected chi connectivity index (χ0v) is 65.6. The second kappa shape index (κ2) is 34.9. The SMILES string of the molecule is CC(=O)N(C)CC(C)(OC[C@H]1O[C@@H](n2ncc3c(NC4CCCC4)nc(Cl)nc32)[C@H](O)[C@@H]1O)P(=O)(O)O.CCC[C@H](OC[C@H]1O[C@@H](n2ncc3c(NC4CCCC4)nc(Cl)nc32)[C@H](O)[C@@H]1O)P(=O)(O)O.CN(CC(C)(OC[C@H]1O[C@@H](n2ncc3c(NC4CCCC4)nc(Cl)nc32)[C@H](O)[C@@H]1O)P(=O)(O)O)S(C)(=O)=O. The molecular formula is C60H93Cl3N17O24P3S. The summed E-state index contributed by atoms with van der Waals surface area (Å²) in [6.07, 6.45) is 3.22. The Morgan fingerprint density at radius 1 is 0.565 bits per heavy atom. The van der Waals surface area contributed by atoms with E-state index >= 15 is 0 Å². The molecule has 604 valence electrons. The van der Waals surface area contributed by atoms with E-state index in [-0.39, 0.29) is 58.3 Å². The molecule has 6 aromatic heterocycles. The fourth-order valence-corrected chi connectivity index (χ4v) is 16.7. The minimum Gasteiger partial charge on any atom is -0.387 e. The molecule has 6 aromatic rings. The normalized spacial score (nSPS) is 26.9. The van der Waals surface area contributed by atoms with Gasteiger partial charge in [0, 0.05) is 39.1 Å². The lowest BCUT2D eigenvalue weighted by molar-refractivity contribution is -0.132. The molecule has 3 aliphatic heterocycles. The minimum atomic E-state index is -5.01. The molecule has 12 rings (SSSR count). The van der Waals surface area contributed by atoms with Crippen molar-refractivity contribution in [3.05, 3.63) is 34.4 Å². The molecule has 48 heteroatoms. The van der Waals surface area contributed by atoms with E-state index in [2.05, 4.69) is 61.2 Å². The van der Waals surface area contributed by atoms with Gasteiger partial charge in [0.25, 0.3) is 0 Å². The number of halogens is 3. The first-order valence-electron chi connectivity index (χ1n) is 34.9. The van der Waals surface area contributed by atoms with Crippen LogP contribution in [0.25, 0.3) is 33.1 Å². The Labute approximate surface area is 634 Å². The van der Waals surface area contributed by atoms with Crippen LogP contribution in [0.15, 0.2) is 18.6 Å². The van der Waals surface area contributed by atoms with Gasteiger partial charge in [0.05, 0.1) is 73.9 Å². The Morgan fingerprint density at radius 2 is 0.880 bits per heavy atom. The van der Waals surface area contributed by atoms with E-state index < -0.39 is 155 Å². The van der Waals surface area contributed by atoms with E-state index in [9.17, 15) is 86.9 Å². The zero-order chi connectivity index (χ0) is 78.9. The monoisotopic (exact) mass is 1670 g/mol. The highest BCUT2D eigenvalue weighted by atomic mass is 35.5. The number of amides is 1. The number of fused-ring (bicyclic) bond motifs is 3. The lowest BCUT2D eigenvalue weighted by Gasteiger charge is -2.34. The van der Waals surface area contributed by atoms with Crippen LogP contribution in [0.5, 0.6) is 0 Å². The summed E-state index contributed by atoms with van der Waals surface area (Å²) in [7, 11) is -15.6. The molecule has 3 aliphatic carbocycles. The number of hydrogen-bond acceptors (Lipinski definition) is 30. The minimum absolute atomic E-state index is 0.00159. The Bertz CT molecular complexity index is 4380. The third kappa shape index (κ3) is 19.7. The summed E-state index contributed by atoms with van der Waals surface area (Å²) in [6.45, 7) is 2.82. The molecule has 6 fully saturated rings. The molecule has 0 spiro atoms. The lowest BCUT2D eigenvalue weighted by atomic mass is 10.1. The van der Waals surface area contributed by atoms with Gasteiger partial charge >= 0.3 is 22.8 Å². The Kier molecular flexibility index (Phi) is 27.7. The predicted octanol–water partition coefficient (Wildman–Crippen LogP) is 2.87. The van der Waals surface area contributed by atoms with Gasteiger partial charge in [0.15, 0.2) is 52.2 Å². The number of hydrogen-bond donors (Lipinski definition) is 15. The van der Waals surface area contributed by atoms with Gasteiger partial charge in [-0.3, -0.25) is 18.5 Å². The quantitative estimate of drug-likeness (QED) is 0.0248. The van der Waals surface area contributed by atoms with Crippen LogP contribution in [0, 0.1) is 0 Å². The number of rotatable bonds is 28. The molecule has 108 heavy (non-hydrogen) atoms. The summed E-state index contributed by atoms with van der Waals surface area (Å²) < 4.78 is 98.0. The van der Waals surface area contributed by atoms with Gasteiger partial charge in [0.1, 0.15) is 72.4 Å². The van der Waals surface area contributed by atoms with E-state index in [0.29, 0.717) is 45.7 Å². The molecule has 9 heterocycles. The Balaban J connectivity index is 0.000000173. The second-order valence-electron chi connectivity index (χ2n) is 28.1. The van der Waals surface area contributed by atoms with Crippen molar-refractivity contribution in [3.8, 4) is 0 Å². The molecule has 2 unspecified atom stereocenters. The molecule has 3 saturated carbocycles. The highest BCUT2D eigenvalue weighted by Gasteiger charge is 2.53. The predicted molar refractivity (Wildman–Crippen MR) is 387 cm³/mol. The van der Waals surface area contributed by atoms with Crippen molar-refractivity contribution in [2.75, 3.05) is 69.2 Å². The molecule has 0 aromatic carbocycles. The van der Waals surface area contributed by atoms with Crippen molar-refractivity contribution in [2.45, 2.75) is 226 Å². The van der Waals surface area contributed by atoms with E-state index in [1.807, 2.05) is 0 Å². The van der Waals surface area contributed by atoms with Crippen LogP contribution in [0.1, 0.15) is 136 Å². The number of aliphatic hydroxyl groups excluding tert-OH is 6. The maximum atomic E-state index is 12.2. The topological polar surface area (TPSA) is 574 Å². The van der Waals surface area contributed by atoms with Crippen LogP contribution in [0.4, 0.5) is 17.5 Å². The van der Waals surface area contributed by atoms with Gasteiger partial charge in [-0.05, 0) is 93.6 Å². The van der Waals surface area contributed by atoms with E-state index in [4.69, 9.17) is 63.2 Å². The first-order valence-corrected chi connectivity index (χ1v) is 42.7. The third-order valence-corrected chi connectivity index (χ3v) is 25.9. The van der Waals surface area contributed by atoms with E-state index in [0.717, 1.165) is 106 Å². The molecule has 1 amide bonds. The zero-order valence-electron chi connectivity index (χ0n) is 59.8. The largest absolute Gasteiger partial charge is 0.387 e. The van der Waals surface area contributed by atoms with Crippen molar-refractivity contribution in [1.29, 1.82) is 0 Å². The van der Waals surface area contributed by atoms with Gasteiger partial charge in [-0.25, -0.2) is 26.8 Å². The number of carbonyl (C=O) groups is 1. The maximum Gasteiger partial charge on any atom is 0.358 e. The average molecular weight is 1670 g/mol. The van der Waals surface area contributed by atoms with Gasteiger partial charge in [0.2, 0.25) is 31.8 Å². The van der Waals surface area contributed by atoms with Crippen LogP contribution < -0.4 is 16.0 Å². The number of likely N-dealkylation sites (N-methyl/N-ethyl adjacent to an activating group) is 2. The van der Waals surface area contributed by atoms with Crippen molar-refractivity contribution < 1.29 is 115 Å². The molecule has 3 saturated heterocycles. The average Bonchev–Trinajstić information content (AvgIpc) is 1.61. The van der Waals surface area contributed by atoms with Crippen molar-refractivity contribution in [1.82, 2.24) is 68.5 Å². The van der Waals surface area contributed by atoms with Crippen LogP contribution in [0.3, 0.4) is 0 Å². The third-order valence-electron chi connectivity index (χ3n) is 20.0. The Morgan fingerprint density at radius 3 is 1.17 bits per heavy atom. The number of nitrogens with one attached hydrogen (secondary N) is 3. The summed E-state index contributed by atoms with van der Waals surface area (Å²) in [4.78, 5) is 96.7. The summed E-state index contributed by atoms with van der Waals surface area (Å²) in [5.74, 6) is -0.189. The summed E-state index contributed by atoms with van der Waals surface area (Å²) >= 11 is 18.5. The highest BCUT2D eigenvalue weighted by Crippen LogP contribution is 2.54. The smallest absolute Gasteiger partial charge is 0.358 e. The first kappa shape index (κ1) is 85.7. The molecule has 15 N–H and O–H groups in total. The van der Waals surface area contributed by atoms with Gasteiger partial charge in [-0.1, -0.05) is 51.9 Å². The molecule has 15 atom stereocenters. The number of anilines is 3. The fourth-order valence-electron chi connectivity index (χ4n) is 13.4. The van der Waals surface area contributed by atoms with Crippen LogP contribution in [0.2, 0.25) is 15.9 Å². The molecule has 0 radical (unpaired) electrons. The van der Waals surface area contributed by atoms with Crippen molar-refractivity contribution >= 4 is 124 Å². The summed E-state index contributed by atoms with van der Waals surface area (Å²) in [5.41, 5.74) is 0.854. The van der Waals surface area contributed by atoms with E-state index in [1.54, 1.807) is 13.1 Å². The molecule has 0 bridgehead atoms. The molecule has 41 nitrogen and oxygen atoms in total. The standard InChI is InChI=1S/C21H32ClN6O8P.C20H32ClN6O9PS.C19H29ClN5O7P/c1-11(29)27(3)10-21(2,37(32,33)34)35-9-14-15(30)16(31)19(36-14)28-18-13(8-23-28)17(25-20(22)26-18)24-12-6-4-5-7-12;1-20(37(30,31)32,10-26(2)38(3,33)34)35-9-13-14(28)15(29)18(36-13)27-17-12(8-22-27)16(24-19(21)25-17)23-11-6-4-5-7-11;1-2-5-13(33(28,29)30)31-9-12-14(26)15(27)18(32-12)25-17-11(8-21-25)16(23-19(20)24-17)22-10-6-3-4-7-10/h8,12,14-16,19,30-31H,4-7,9-10H2,1-3H3,(H,24,25,26)(H2,32,33,34);8,11,13-15,18,28-29H,4-7,9-10H2,1-3H3,(H,23,24,25)(H2,30,31,32);8,10,12-15,18,26-27H,2-7,9H2,1H3,(H,22,23,24)(H2,28,29,30)/t14-,15-,16-,19-,21?;13-,14-,15-,18-,20?;12-,13-,14-,15-,18-/m111/s1. The van der Waals surface area contributed by atoms with Crippen LogP contribution >= 0.6 is 57.6 Å². The van der Waals surface area contributed by atoms with Crippen LogP contribution in [-0.2, 0) is 56.9 Å². The van der Waals surface area contributed by atoms with Crippen molar-refractivity contribution in [2.24, 2.45) is 0 Å². The highest BCUT2D eigenvalue weighted by molar-refractivity contribution is 7.88. The van der Waals surface area contributed by atoms with Gasteiger partial charge in [-0.15, -0.1) is 0 Å². The number of aromatic nitrogens is 12. The number of ether oxygens (including phenoxy) is 6. The number of aliphatic hydroxyl groups is 6. The van der Waals surface area contributed by atoms with Crippen LogP contribution in [-0.4, -0.2) is 286 Å². The van der Waals surface area contributed by atoms with E-state index in [1.165, 1.54) is 47.3 Å². The molecular weight excluding hydrogens is 1570 g/mol. The molecule has 6 aliphatic rings. The maximum absolute atomic E-state index is 12.2. The van der Waals surface area contributed by atoms with Crippen molar-refractivity contribution in [3.63, 3.8) is 0 Å².